The van der Waals surface area contributed by atoms with E-state index in [0.717, 1.165) is 4.88 Å². The fourth-order valence-corrected chi connectivity index (χ4v) is 3.05. The molecule has 0 spiro atoms. The molecule has 0 bridgehead atoms. The van der Waals surface area contributed by atoms with Crippen LogP contribution in [-0.4, -0.2) is 4.92 Å². The fraction of sp³-hybridized carbons (Fsp3) is 0.167. The van der Waals surface area contributed by atoms with E-state index in [0.29, 0.717) is 10.0 Å². The Morgan fingerprint density at radius 2 is 1.90 bits per heavy atom. The van der Waals surface area contributed by atoms with Crippen LogP contribution in [0.5, 0.6) is 0 Å². The molecule has 1 heterocycles. The number of thiophene rings is 1. The molecule has 0 amide bonds. The van der Waals surface area contributed by atoms with E-state index in [2.05, 4.69) is 5.32 Å². The normalized spacial score (nSPS) is 12.2. The summed E-state index contributed by atoms with van der Waals surface area (Å²) in [7, 11) is 0. The second-order valence-corrected chi connectivity index (χ2v) is 6.61. The number of anilines is 1. The molecular weight excluding hydrogens is 343 g/mol. The van der Waals surface area contributed by atoms with Gasteiger partial charge in [-0.05, 0) is 25.1 Å². The predicted molar refractivity (Wildman–Crippen MR) is 84.5 cm³/mol. The van der Waals surface area contributed by atoms with Crippen LogP contribution in [0.3, 0.4) is 0 Å². The molecule has 0 aliphatic carbocycles. The Balaban J connectivity index is 2.33. The van der Waals surface area contributed by atoms with Gasteiger partial charge in [-0.15, -0.1) is 11.3 Å². The van der Waals surface area contributed by atoms with Gasteiger partial charge >= 0.3 is 0 Å². The molecule has 0 saturated carbocycles. The van der Waals surface area contributed by atoms with Crippen LogP contribution in [0.1, 0.15) is 17.8 Å². The van der Waals surface area contributed by atoms with Crippen molar-refractivity contribution in [2.75, 3.05) is 5.32 Å². The van der Waals surface area contributed by atoms with Gasteiger partial charge in [0.15, 0.2) is 0 Å². The topological polar surface area (TPSA) is 55.2 Å². The van der Waals surface area contributed by atoms with Crippen LogP contribution in [-0.2, 0) is 0 Å². The third-order valence-electron chi connectivity index (χ3n) is 2.63. The highest BCUT2D eigenvalue weighted by Gasteiger charge is 2.19. The zero-order valence-electron chi connectivity index (χ0n) is 10.2. The molecular formula is C12H9Cl3N2O2S. The molecule has 4 nitrogen and oxygen atoms in total. The zero-order chi connectivity index (χ0) is 14.9. The van der Waals surface area contributed by atoms with Gasteiger partial charge in [0, 0.05) is 10.9 Å². The van der Waals surface area contributed by atoms with Crippen molar-refractivity contribution < 1.29 is 4.92 Å². The lowest BCUT2D eigenvalue weighted by Crippen LogP contribution is -2.07. The number of nitrogens with one attached hydrogen (secondary N) is 1. The van der Waals surface area contributed by atoms with E-state index in [1.807, 2.05) is 13.0 Å². The number of nitro benzene ring substituents is 1. The summed E-state index contributed by atoms with van der Waals surface area (Å²) < 4.78 is 0.664. The maximum atomic E-state index is 11.1. The standard InChI is InChI=1S/C12H9Cl3N2O2S/c1-6(11-2-3-12(15)20-11)16-9-4-7(13)8(14)5-10(9)17(18)19/h2-6,16H,1H3. The van der Waals surface area contributed by atoms with Crippen LogP contribution in [0.4, 0.5) is 11.4 Å². The van der Waals surface area contributed by atoms with Crippen molar-refractivity contribution in [2.45, 2.75) is 13.0 Å². The third-order valence-corrected chi connectivity index (χ3v) is 4.76. The van der Waals surface area contributed by atoms with Crippen LogP contribution < -0.4 is 5.32 Å². The summed E-state index contributed by atoms with van der Waals surface area (Å²) in [6.07, 6.45) is 0. The number of hydrogen-bond acceptors (Lipinski definition) is 4. The summed E-state index contributed by atoms with van der Waals surface area (Å²) in [5, 5.41) is 14.5. The Bertz CT molecular complexity index is 660. The largest absolute Gasteiger partial charge is 0.372 e. The molecule has 0 aliphatic heterocycles. The average molecular weight is 352 g/mol. The van der Waals surface area contributed by atoms with E-state index >= 15 is 0 Å². The predicted octanol–water partition coefficient (Wildman–Crippen LogP) is 5.79. The van der Waals surface area contributed by atoms with E-state index in [9.17, 15) is 10.1 Å². The summed E-state index contributed by atoms with van der Waals surface area (Å²) in [4.78, 5) is 11.5. The first-order valence-electron chi connectivity index (χ1n) is 5.53. The van der Waals surface area contributed by atoms with Crippen molar-refractivity contribution in [3.8, 4) is 0 Å². The molecule has 8 heteroatoms. The minimum absolute atomic E-state index is 0.117. The Morgan fingerprint density at radius 1 is 1.25 bits per heavy atom. The first-order valence-corrected chi connectivity index (χ1v) is 7.48. The average Bonchev–Trinajstić information content (AvgIpc) is 2.80. The molecule has 0 aliphatic rings. The van der Waals surface area contributed by atoms with Crippen molar-refractivity contribution in [3.05, 3.63) is 53.6 Å². The highest BCUT2D eigenvalue weighted by molar-refractivity contribution is 7.16. The summed E-state index contributed by atoms with van der Waals surface area (Å²) in [5.74, 6) is 0. The minimum Gasteiger partial charge on any atom is -0.372 e. The lowest BCUT2D eigenvalue weighted by Gasteiger charge is -2.14. The lowest BCUT2D eigenvalue weighted by atomic mass is 10.2. The number of nitrogens with zero attached hydrogens (tertiary/aromatic N) is 1. The van der Waals surface area contributed by atoms with Gasteiger partial charge < -0.3 is 5.32 Å². The van der Waals surface area contributed by atoms with Crippen LogP contribution in [0.15, 0.2) is 24.3 Å². The molecule has 0 radical (unpaired) electrons. The Hall–Kier alpha value is -1.01. The first-order chi connectivity index (χ1) is 9.38. The van der Waals surface area contributed by atoms with Crippen molar-refractivity contribution in [2.24, 2.45) is 0 Å². The van der Waals surface area contributed by atoms with Crippen molar-refractivity contribution in [3.63, 3.8) is 0 Å². The number of nitro groups is 1. The zero-order valence-corrected chi connectivity index (χ0v) is 13.3. The highest BCUT2D eigenvalue weighted by atomic mass is 35.5. The second-order valence-electron chi connectivity index (χ2n) is 4.05. The molecule has 0 saturated heterocycles. The summed E-state index contributed by atoms with van der Waals surface area (Å²) in [6, 6.07) is 6.20. The maximum Gasteiger partial charge on any atom is 0.293 e. The molecule has 20 heavy (non-hydrogen) atoms. The minimum atomic E-state index is -0.501. The third kappa shape index (κ3) is 3.35. The summed E-state index contributed by atoms with van der Waals surface area (Å²) >= 11 is 19.0. The smallest absolute Gasteiger partial charge is 0.293 e. The van der Waals surface area contributed by atoms with Gasteiger partial charge in [-0.25, -0.2) is 0 Å². The molecule has 1 atom stereocenters. The second kappa shape index (κ2) is 6.18. The number of benzene rings is 1. The number of halogens is 3. The summed E-state index contributed by atoms with van der Waals surface area (Å²) in [5.41, 5.74) is 0.204. The lowest BCUT2D eigenvalue weighted by molar-refractivity contribution is -0.384. The Labute approximate surface area is 134 Å². The van der Waals surface area contributed by atoms with Gasteiger partial charge in [0.2, 0.25) is 0 Å². The molecule has 2 aromatic rings. The monoisotopic (exact) mass is 350 g/mol. The summed E-state index contributed by atoms with van der Waals surface area (Å²) in [6.45, 7) is 1.88. The van der Waals surface area contributed by atoms with Crippen LogP contribution in [0, 0.1) is 10.1 Å². The van der Waals surface area contributed by atoms with Crippen molar-refractivity contribution >= 4 is 57.5 Å². The first kappa shape index (κ1) is 15.4. The Kier molecular flexibility index (Phi) is 4.75. The van der Waals surface area contributed by atoms with Gasteiger partial charge in [0.1, 0.15) is 5.69 Å². The Morgan fingerprint density at radius 3 is 2.45 bits per heavy atom. The molecule has 2 rings (SSSR count). The molecule has 1 unspecified atom stereocenters. The van der Waals surface area contributed by atoms with E-state index in [1.54, 1.807) is 6.07 Å². The quantitative estimate of drug-likeness (QED) is 0.560. The van der Waals surface area contributed by atoms with E-state index in [-0.39, 0.29) is 21.8 Å². The van der Waals surface area contributed by atoms with Crippen molar-refractivity contribution in [1.82, 2.24) is 0 Å². The highest BCUT2D eigenvalue weighted by Crippen LogP contribution is 2.37. The molecule has 1 aromatic carbocycles. The number of rotatable bonds is 4. The fourth-order valence-electron chi connectivity index (χ4n) is 1.67. The van der Waals surface area contributed by atoms with Crippen LogP contribution in [0.25, 0.3) is 0 Å². The van der Waals surface area contributed by atoms with Crippen molar-refractivity contribution in [1.29, 1.82) is 0 Å². The van der Waals surface area contributed by atoms with Gasteiger partial charge in [-0.1, -0.05) is 34.8 Å². The van der Waals surface area contributed by atoms with Gasteiger partial charge in [0.25, 0.3) is 5.69 Å². The number of hydrogen-bond donors (Lipinski definition) is 1. The van der Waals surface area contributed by atoms with E-state index in [1.165, 1.54) is 23.5 Å². The van der Waals surface area contributed by atoms with Gasteiger partial charge in [-0.3, -0.25) is 10.1 Å². The van der Waals surface area contributed by atoms with E-state index < -0.39 is 4.92 Å². The van der Waals surface area contributed by atoms with Crippen LogP contribution in [0.2, 0.25) is 14.4 Å². The van der Waals surface area contributed by atoms with Gasteiger partial charge in [0.05, 0.1) is 25.3 Å². The maximum absolute atomic E-state index is 11.1. The van der Waals surface area contributed by atoms with E-state index in [4.69, 9.17) is 34.8 Å². The van der Waals surface area contributed by atoms with Crippen LogP contribution >= 0.6 is 46.1 Å². The molecule has 1 N–H and O–H groups in total. The molecule has 0 fully saturated rings. The van der Waals surface area contributed by atoms with Gasteiger partial charge in [-0.2, -0.15) is 0 Å². The molecule has 106 valence electrons. The SMILES string of the molecule is CC(Nc1cc(Cl)c(Cl)cc1[N+](=O)[O-])c1ccc(Cl)s1. The molecule has 1 aromatic heterocycles.